The molecule has 0 saturated heterocycles. The number of amides is 1. The highest BCUT2D eigenvalue weighted by molar-refractivity contribution is 6.52. The quantitative estimate of drug-likeness (QED) is 0.654. The Morgan fingerprint density at radius 1 is 1.08 bits per heavy atom. The number of nitrogens with one attached hydrogen (secondary N) is 1. The van der Waals surface area contributed by atoms with E-state index in [1.165, 1.54) is 0 Å². The zero-order chi connectivity index (χ0) is 10.0. The second kappa shape index (κ2) is 4.33. The first-order valence-corrected chi connectivity index (χ1v) is 4.49. The van der Waals surface area contributed by atoms with Crippen LogP contribution >= 0.6 is 46.4 Å². The van der Waals surface area contributed by atoms with Gasteiger partial charge in [0.1, 0.15) is 5.02 Å². The molecular formula is C6H2Cl4N2O. The fraction of sp³-hybridized carbons (Fsp3) is 0. The largest absolute Gasteiger partial charge is 0.312 e. The molecule has 0 atom stereocenters. The number of pyridine rings is 1. The van der Waals surface area contributed by atoms with Gasteiger partial charge >= 0.3 is 0 Å². The highest BCUT2D eigenvalue weighted by Gasteiger charge is 2.14. The van der Waals surface area contributed by atoms with Crippen molar-refractivity contribution in [2.75, 3.05) is 5.32 Å². The standard InChI is InChI=1S/C6H2Cl4N2O/c7-2-3(8)5(10)12-6(4(2)9)11-1-13/h1H,(H,11,12,13). The van der Waals surface area contributed by atoms with E-state index in [1.807, 2.05) is 0 Å². The summed E-state index contributed by atoms with van der Waals surface area (Å²) in [6.07, 6.45) is 0.411. The molecule has 0 unspecified atom stereocenters. The van der Waals surface area contributed by atoms with E-state index in [1.54, 1.807) is 0 Å². The number of nitrogens with zero attached hydrogens (tertiary/aromatic N) is 1. The molecule has 1 aromatic rings. The molecule has 3 nitrogen and oxygen atoms in total. The molecule has 0 fully saturated rings. The van der Waals surface area contributed by atoms with Crippen LogP contribution < -0.4 is 5.32 Å². The Morgan fingerprint density at radius 2 is 1.69 bits per heavy atom. The highest BCUT2D eigenvalue weighted by atomic mass is 35.5. The van der Waals surface area contributed by atoms with Crippen molar-refractivity contribution in [1.29, 1.82) is 0 Å². The van der Waals surface area contributed by atoms with Crippen molar-refractivity contribution in [1.82, 2.24) is 4.98 Å². The van der Waals surface area contributed by atoms with Gasteiger partial charge in [-0.25, -0.2) is 4.98 Å². The molecule has 0 saturated carbocycles. The van der Waals surface area contributed by atoms with Crippen LogP contribution in [0.3, 0.4) is 0 Å². The van der Waals surface area contributed by atoms with Crippen LogP contribution in [0.15, 0.2) is 0 Å². The van der Waals surface area contributed by atoms with Crippen LogP contribution in [0.4, 0.5) is 5.82 Å². The summed E-state index contributed by atoms with van der Waals surface area (Å²) in [6, 6.07) is 0. The molecule has 0 aromatic carbocycles. The minimum atomic E-state index is -0.0135. The lowest BCUT2D eigenvalue weighted by Crippen LogP contribution is -1.98. The summed E-state index contributed by atoms with van der Waals surface area (Å²) in [4.78, 5) is 13.8. The van der Waals surface area contributed by atoms with Crippen LogP contribution in [0.25, 0.3) is 0 Å². The van der Waals surface area contributed by atoms with E-state index >= 15 is 0 Å². The van der Waals surface area contributed by atoms with Crippen molar-refractivity contribution >= 4 is 58.6 Å². The second-order valence-electron chi connectivity index (χ2n) is 1.96. The van der Waals surface area contributed by atoms with Crippen molar-refractivity contribution in [3.8, 4) is 0 Å². The zero-order valence-electron chi connectivity index (χ0n) is 5.94. The molecule has 0 aliphatic carbocycles. The average Bonchev–Trinajstić information content (AvgIpc) is 2.11. The molecule has 0 aliphatic rings. The Bertz CT molecular complexity index is 355. The van der Waals surface area contributed by atoms with Crippen molar-refractivity contribution in [3.63, 3.8) is 0 Å². The van der Waals surface area contributed by atoms with Crippen molar-refractivity contribution < 1.29 is 4.79 Å². The van der Waals surface area contributed by atoms with E-state index in [9.17, 15) is 4.79 Å². The number of carbonyl (C=O) groups is 1. The normalized spacial score (nSPS) is 9.85. The molecule has 13 heavy (non-hydrogen) atoms. The predicted octanol–water partition coefficient (Wildman–Crippen LogP) is 3.26. The Kier molecular flexibility index (Phi) is 3.62. The van der Waals surface area contributed by atoms with E-state index in [4.69, 9.17) is 46.4 Å². The number of anilines is 1. The fourth-order valence-corrected chi connectivity index (χ4v) is 1.42. The third kappa shape index (κ3) is 2.17. The van der Waals surface area contributed by atoms with Gasteiger partial charge in [0.2, 0.25) is 6.41 Å². The first-order chi connectivity index (χ1) is 6.07. The van der Waals surface area contributed by atoms with Gasteiger partial charge in [0.25, 0.3) is 0 Å². The summed E-state index contributed by atoms with van der Waals surface area (Å²) in [5, 5.41) is 2.40. The Labute approximate surface area is 93.9 Å². The highest BCUT2D eigenvalue weighted by Crippen LogP contribution is 2.37. The number of carbonyl (C=O) groups excluding carboxylic acids is 1. The number of hydrogen-bond donors (Lipinski definition) is 1. The van der Waals surface area contributed by atoms with Gasteiger partial charge in [-0.1, -0.05) is 46.4 Å². The van der Waals surface area contributed by atoms with Gasteiger partial charge in [0.05, 0.1) is 10.0 Å². The van der Waals surface area contributed by atoms with E-state index in [0.717, 1.165) is 0 Å². The first kappa shape index (κ1) is 10.9. The smallest absolute Gasteiger partial charge is 0.212 e. The molecule has 1 N–H and O–H groups in total. The van der Waals surface area contributed by atoms with Gasteiger partial charge in [0.15, 0.2) is 11.0 Å². The van der Waals surface area contributed by atoms with Crippen LogP contribution in [0.5, 0.6) is 0 Å². The van der Waals surface area contributed by atoms with E-state index in [2.05, 4.69) is 10.3 Å². The van der Waals surface area contributed by atoms with E-state index in [0.29, 0.717) is 6.41 Å². The van der Waals surface area contributed by atoms with Gasteiger partial charge in [-0.3, -0.25) is 4.79 Å². The number of rotatable bonds is 2. The van der Waals surface area contributed by atoms with Gasteiger partial charge in [-0.2, -0.15) is 0 Å². The SMILES string of the molecule is O=CNc1nc(Cl)c(Cl)c(Cl)c1Cl. The lowest BCUT2D eigenvalue weighted by Gasteiger charge is -2.05. The Morgan fingerprint density at radius 3 is 2.23 bits per heavy atom. The maximum Gasteiger partial charge on any atom is 0.212 e. The van der Waals surface area contributed by atoms with Crippen LogP contribution in [0.2, 0.25) is 20.2 Å². The molecule has 0 bridgehead atoms. The van der Waals surface area contributed by atoms with Crippen LogP contribution in [0.1, 0.15) is 0 Å². The minimum Gasteiger partial charge on any atom is -0.312 e. The Hall–Kier alpha value is -0.220. The third-order valence-corrected chi connectivity index (χ3v) is 2.86. The minimum absolute atomic E-state index is 0.0135. The number of aromatic nitrogens is 1. The lowest BCUT2D eigenvalue weighted by molar-refractivity contribution is -0.105. The third-order valence-electron chi connectivity index (χ3n) is 1.18. The predicted molar refractivity (Wildman–Crippen MR) is 54.0 cm³/mol. The van der Waals surface area contributed by atoms with Crippen LogP contribution in [0, 0.1) is 0 Å². The summed E-state index contributed by atoms with van der Waals surface area (Å²) in [6.45, 7) is 0. The van der Waals surface area contributed by atoms with E-state index < -0.39 is 0 Å². The number of halogens is 4. The van der Waals surface area contributed by atoms with Gasteiger partial charge in [0, 0.05) is 0 Å². The topological polar surface area (TPSA) is 42.0 Å². The molecule has 70 valence electrons. The molecule has 1 amide bonds. The summed E-state index contributed by atoms with van der Waals surface area (Å²) in [5.74, 6) is 0.0797. The monoisotopic (exact) mass is 258 g/mol. The molecule has 1 aromatic heterocycles. The van der Waals surface area contributed by atoms with Crippen molar-refractivity contribution in [2.45, 2.75) is 0 Å². The molecule has 7 heteroatoms. The molecule has 1 rings (SSSR count). The maximum absolute atomic E-state index is 10.1. The lowest BCUT2D eigenvalue weighted by atomic mass is 10.4. The van der Waals surface area contributed by atoms with Crippen molar-refractivity contribution in [3.05, 3.63) is 20.2 Å². The molecular weight excluding hydrogens is 258 g/mol. The van der Waals surface area contributed by atoms with Crippen LogP contribution in [-0.4, -0.2) is 11.4 Å². The molecule has 0 spiro atoms. The summed E-state index contributed by atoms with van der Waals surface area (Å²) in [5.41, 5.74) is 0. The van der Waals surface area contributed by atoms with Crippen molar-refractivity contribution in [2.24, 2.45) is 0 Å². The summed E-state index contributed by atoms with van der Waals surface area (Å²) in [7, 11) is 0. The Balaban J connectivity index is 3.31. The van der Waals surface area contributed by atoms with Gasteiger partial charge < -0.3 is 5.32 Å². The fourth-order valence-electron chi connectivity index (χ4n) is 0.639. The van der Waals surface area contributed by atoms with Crippen LogP contribution in [-0.2, 0) is 4.79 Å². The molecule has 1 heterocycles. The summed E-state index contributed by atoms with van der Waals surface area (Å²) >= 11 is 22.6. The number of hydrogen-bond acceptors (Lipinski definition) is 2. The first-order valence-electron chi connectivity index (χ1n) is 2.98. The summed E-state index contributed by atoms with van der Waals surface area (Å²) < 4.78 is 0. The van der Waals surface area contributed by atoms with Gasteiger partial charge in [-0.05, 0) is 0 Å². The average molecular weight is 260 g/mol. The molecule has 0 aliphatic heterocycles. The maximum atomic E-state index is 10.1. The van der Waals surface area contributed by atoms with Gasteiger partial charge in [-0.15, -0.1) is 0 Å². The molecule has 0 radical (unpaired) electrons. The second-order valence-corrected chi connectivity index (χ2v) is 3.45. The van der Waals surface area contributed by atoms with E-state index in [-0.39, 0.29) is 26.0 Å². The zero-order valence-corrected chi connectivity index (χ0v) is 8.97.